The molecule has 0 amide bonds. The molecule has 2 heterocycles. The molecule has 0 radical (unpaired) electrons. The third-order valence-electron chi connectivity index (χ3n) is 7.72. The summed E-state index contributed by atoms with van der Waals surface area (Å²) in [5.41, 5.74) is -4.53. The first-order chi connectivity index (χ1) is 18.2. The Morgan fingerprint density at radius 3 is 1.51 bits per heavy atom. The molecule has 12 heteroatoms. The van der Waals surface area contributed by atoms with Gasteiger partial charge in [0.05, 0.1) is 24.9 Å². The number of benzene rings is 2. The average molecular weight is 583 g/mol. The zero-order valence-corrected chi connectivity index (χ0v) is 22.3. The molecule has 0 saturated heterocycles. The lowest BCUT2D eigenvalue weighted by Gasteiger charge is -2.42. The van der Waals surface area contributed by atoms with E-state index in [1.165, 1.54) is 21.0 Å². The van der Waals surface area contributed by atoms with Crippen LogP contribution < -0.4 is 4.74 Å². The number of fused-ring (bicyclic) bond motifs is 4. The first-order valence-corrected chi connectivity index (χ1v) is 13.4. The maximum absolute atomic E-state index is 15.4. The molecule has 39 heavy (non-hydrogen) atoms. The van der Waals surface area contributed by atoms with Gasteiger partial charge in [0, 0.05) is 20.9 Å². The number of allylic oxidation sites excluding steroid dienone is 2. The molecule has 2 atom stereocenters. The zero-order chi connectivity index (χ0) is 28.2. The van der Waals surface area contributed by atoms with Gasteiger partial charge in [-0.05, 0) is 43.7 Å². The van der Waals surface area contributed by atoms with E-state index in [1.807, 2.05) is 0 Å². The monoisotopic (exact) mass is 582 g/mol. The second kappa shape index (κ2) is 8.17. The van der Waals surface area contributed by atoms with Gasteiger partial charge in [0.15, 0.2) is 0 Å². The number of aliphatic imine (C=N–C) groups is 2. The Labute approximate surface area is 227 Å². The molecule has 1 saturated carbocycles. The lowest BCUT2D eigenvalue weighted by atomic mass is 9.72. The van der Waals surface area contributed by atoms with Crippen molar-refractivity contribution in [3.63, 3.8) is 0 Å². The van der Waals surface area contributed by atoms with Gasteiger partial charge >= 0.3 is 17.8 Å². The molecule has 4 aliphatic rings. The Bertz CT molecular complexity index is 1420. The van der Waals surface area contributed by atoms with Crippen LogP contribution in [0.15, 0.2) is 79.5 Å². The predicted molar refractivity (Wildman–Crippen MR) is 139 cm³/mol. The Hall–Kier alpha value is -2.70. The summed E-state index contributed by atoms with van der Waals surface area (Å²) in [6.45, 7) is 2.72. The van der Waals surface area contributed by atoms with Crippen LogP contribution >= 0.6 is 23.5 Å². The topological polar surface area (TPSA) is 54.2 Å². The number of hydrogen-bond acceptors (Lipinski definition) is 6. The number of alkyl halides is 6. The van der Waals surface area contributed by atoms with Gasteiger partial charge in [-0.2, -0.15) is 26.3 Å². The zero-order valence-electron chi connectivity index (χ0n) is 20.7. The van der Waals surface area contributed by atoms with Crippen LogP contribution in [0.5, 0.6) is 5.75 Å². The number of thioether (sulfide) groups is 2. The molecule has 0 bridgehead atoms. The summed E-state index contributed by atoms with van der Waals surface area (Å²) in [6.07, 6.45) is 0. The fourth-order valence-electron chi connectivity index (χ4n) is 5.26. The van der Waals surface area contributed by atoms with Gasteiger partial charge < -0.3 is 9.84 Å². The highest BCUT2D eigenvalue weighted by molar-refractivity contribution is 8.18. The molecule has 2 aliphatic carbocycles. The number of ether oxygens (including phenoxy) is 1. The Kier molecular flexibility index (Phi) is 5.55. The minimum Gasteiger partial charge on any atom is -0.497 e. The van der Waals surface area contributed by atoms with Crippen molar-refractivity contribution in [2.24, 2.45) is 9.98 Å². The van der Waals surface area contributed by atoms with E-state index in [9.17, 15) is 13.9 Å². The van der Waals surface area contributed by atoms with E-state index in [-0.39, 0.29) is 26.5 Å². The number of nitrogens with zero attached hydrogens (tertiary/aromatic N) is 2. The van der Waals surface area contributed by atoms with Crippen LogP contribution in [0.4, 0.5) is 26.3 Å². The van der Waals surface area contributed by atoms with Crippen LogP contribution in [-0.2, 0) is 6.61 Å². The van der Waals surface area contributed by atoms with Crippen LogP contribution in [0.1, 0.15) is 30.5 Å². The summed E-state index contributed by atoms with van der Waals surface area (Å²) in [4.78, 5) is 8.72. The van der Waals surface area contributed by atoms with Crippen LogP contribution in [-0.4, -0.2) is 51.1 Å². The summed E-state index contributed by atoms with van der Waals surface area (Å²) < 4.78 is 96.5. The molecule has 0 spiro atoms. The van der Waals surface area contributed by atoms with Crippen LogP contribution in [0, 0.1) is 0 Å². The number of methoxy groups -OCH3 is 1. The van der Waals surface area contributed by atoms with E-state index < -0.39 is 40.0 Å². The molecule has 1 N–H and O–H groups in total. The minimum atomic E-state index is -5.65. The van der Waals surface area contributed by atoms with Crippen molar-refractivity contribution in [3.8, 4) is 5.75 Å². The molecule has 1 fully saturated rings. The fourth-order valence-corrected chi connectivity index (χ4v) is 8.17. The standard InChI is InChI=1S/C27H20F6N2O2S2/c1-23-19(38-21(34-23)14-6-4-13(12-36)5-7-14)17-18(26(30,31)27(32,33)25(17,28)29)20-24(23,2)35-22(39-20)15-8-10-16(37-3)11-9-15/h4-11,36H,12H2,1-3H3. The molecular weight excluding hydrogens is 562 g/mol. The fraction of sp³-hybridized carbons (Fsp3) is 0.333. The van der Waals surface area contributed by atoms with Crippen molar-refractivity contribution in [1.82, 2.24) is 0 Å². The van der Waals surface area contributed by atoms with Crippen molar-refractivity contribution in [3.05, 3.63) is 86.2 Å². The second-order valence-electron chi connectivity index (χ2n) is 9.90. The second-order valence-corrected chi connectivity index (χ2v) is 11.9. The highest BCUT2D eigenvalue weighted by Crippen LogP contribution is 2.72. The van der Waals surface area contributed by atoms with Crippen LogP contribution in [0.25, 0.3) is 0 Å². The Morgan fingerprint density at radius 2 is 1.13 bits per heavy atom. The third kappa shape index (κ3) is 3.22. The van der Waals surface area contributed by atoms with Gasteiger partial charge in [-0.25, -0.2) is 0 Å². The first kappa shape index (κ1) is 26.5. The summed E-state index contributed by atoms with van der Waals surface area (Å²) >= 11 is 1.37. The van der Waals surface area contributed by atoms with Crippen molar-refractivity contribution < 1.29 is 36.2 Å². The highest BCUT2D eigenvalue weighted by atomic mass is 32.2. The molecule has 4 nitrogen and oxygen atoms in total. The van der Waals surface area contributed by atoms with Crippen molar-refractivity contribution in [2.75, 3.05) is 7.11 Å². The summed E-state index contributed by atoms with van der Waals surface area (Å²) in [6, 6.07) is 12.9. The lowest BCUT2D eigenvalue weighted by Crippen LogP contribution is -2.50. The molecular formula is C27H20F6N2O2S2. The van der Waals surface area contributed by atoms with E-state index in [0.29, 0.717) is 46.0 Å². The molecule has 0 aromatic heterocycles. The highest BCUT2D eigenvalue weighted by Gasteiger charge is 2.85. The normalized spacial score (nSPS) is 29.6. The molecule has 2 unspecified atom stereocenters. The number of aliphatic hydroxyl groups is 1. The van der Waals surface area contributed by atoms with Gasteiger partial charge in [-0.15, -0.1) is 0 Å². The molecule has 204 valence electrons. The summed E-state index contributed by atoms with van der Waals surface area (Å²) in [7, 11) is 1.47. The Balaban J connectivity index is 1.60. The van der Waals surface area contributed by atoms with E-state index in [0.717, 1.165) is 0 Å². The van der Waals surface area contributed by atoms with E-state index in [4.69, 9.17) is 14.7 Å². The van der Waals surface area contributed by atoms with Crippen molar-refractivity contribution >= 4 is 33.6 Å². The van der Waals surface area contributed by atoms with Crippen LogP contribution in [0.2, 0.25) is 0 Å². The predicted octanol–water partition coefficient (Wildman–Crippen LogP) is 6.83. The number of rotatable bonds is 4. The van der Waals surface area contributed by atoms with Gasteiger partial charge in [-0.1, -0.05) is 47.8 Å². The van der Waals surface area contributed by atoms with E-state index >= 15 is 17.6 Å². The van der Waals surface area contributed by atoms with Gasteiger partial charge in [0.25, 0.3) is 0 Å². The van der Waals surface area contributed by atoms with Gasteiger partial charge in [0.2, 0.25) is 0 Å². The third-order valence-corrected chi connectivity index (χ3v) is 10.4. The quantitative estimate of drug-likeness (QED) is 0.402. The molecule has 2 aliphatic heterocycles. The summed E-state index contributed by atoms with van der Waals surface area (Å²) in [5.74, 6) is -15.4. The van der Waals surface area contributed by atoms with Crippen molar-refractivity contribution in [2.45, 2.75) is 49.3 Å². The van der Waals surface area contributed by atoms with Gasteiger partial charge in [0.1, 0.15) is 26.9 Å². The number of halogens is 6. The van der Waals surface area contributed by atoms with Crippen LogP contribution in [0.3, 0.4) is 0 Å². The first-order valence-electron chi connectivity index (χ1n) is 11.8. The molecule has 2 aromatic rings. The average Bonchev–Trinajstić information content (AvgIpc) is 3.48. The number of hydrogen-bond donors (Lipinski definition) is 1. The van der Waals surface area contributed by atoms with Crippen molar-refractivity contribution in [1.29, 1.82) is 0 Å². The van der Waals surface area contributed by atoms with E-state index in [2.05, 4.69) is 0 Å². The molecule has 6 rings (SSSR count). The van der Waals surface area contributed by atoms with E-state index in [1.54, 1.807) is 48.5 Å². The summed E-state index contributed by atoms with van der Waals surface area (Å²) in [5, 5.41) is 9.78. The molecule has 2 aromatic carbocycles. The smallest absolute Gasteiger partial charge is 0.380 e. The maximum atomic E-state index is 15.4. The Morgan fingerprint density at radius 1 is 0.718 bits per heavy atom. The minimum absolute atomic E-state index is 0.207. The lowest BCUT2D eigenvalue weighted by molar-refractivity contribution is -0.258. The number of aliphatic hydroxyl groups excluding tert-OH is 1. The SMILES string of the molecule is COc1ccc(C2=NC3(C)C(=C4C(=C5SC(c6ccc(CO)cc6)=NC53C)C(F)(F)C(F)(F)C4(F)F)S2)cc1. The largest absolute Gasteiger partial charge is 0.497 e. The maximum Gasteiger partial charge on any atom is 0.380 e. The van der Waals surface area contributed by atoms with Gasteiger partial charge in [-0.3, -0.25) is 9.98 Å².